The summed E-state index contributed by atoms with van der Waals surface area (Å²) in [7, 11) is 0. The summed E-state index contributed by atoms with van der Waals surface area (Å²) in [5.74, 6) is -0.347. The molecule has 1 aromatic carbocycles. The monoisotopic (exact) mass is 651 g/mol. The Labute approximate surface area is 256 Å². The first kappa shape index (κ1) is 28.6. The second kappa shape index (κ2) is 10.1. The summed E-state index contributed by atoms with van der Waals surface area (Å²) < 4.78 is -1.51. The van der Waals surface area contributed by atoms with Gasteiger partial charge in [0.2, 0.25) is 10.2 Å². The van der Waals surface area contributed by atoms with Crippen molar-refractivity contribution in [1.82, 2.24) is 10.4 Å². The number of carbonyl (C=O) groups is 3. The number of carbonyl (C=O) groups excluding carboxylic acids is 3. The molecule has 10 nitrogen and oxygen atoms in total. The third-order valence-corrected chi connectivity index (χ3v) is 13.4. The van der Waals surface area contributed by atoms with Crippen LogP contribution in [0.3, 0.4) is 0 Å². The number of nitrogens with one attached hydrogen (secondary N) is 1. The van der Waals surface area contributed by atoms with Crippen LogP contribution in [0.5, 0.6) is 0 Å². The number of anilines is 1. The lowest BCUT2D eigenvalue weighted by Gasteiger charge is -2.53. The number of urea groups is 1. The maximum atomic E-state index is 14.3. The summed E-state index contributed by atoms with van der Waals surface area (Å²) in [6, 6.07) is 1.26. The van der Waals surface area contributed by atoms with Crippen LogP contribution in [0, 0.1) is 6.92 Å². The predicted octanol–water partition coefficient (Wildman–Crippen LogP) is 7.07. The van der Waals surface area contributed by atoms with Crippen molar-refractivity contribution < 1.29 is 34.8 Å². The van der Waals surface area contributed by atoms with E-state index in [0.29, 0.717) is 40.3 Å². The molecule has 1 saturated heterocycles. The van der Waals surface area contributed by atoms with Gasteiger partial charge in [-0.25, -0.2) is 10.2 Å². The summed E-state index contributed by atoms with van der Waals surface area (Å²) in [5, 5.41) is 44.5. The number of amides is 4. The molecule has 6 rings (SSSR count). The molecule has 1 spiro atoms. The van der Waals surface area contributed by atoms with Crippen molar-refractivity contribution in [1.29, 1.82) is 0 Å². The molecule has 4 amide bonds. The molecule has 5 heterocycles. The summed E-state index contributed by atoms with van der Waals surface area (Å²) in [4.78, 5) is 41.3. The van der Waals surface area contributed by atoms with E-state index in [1.807, 2.05) is 38.3 Å². The zero-order chi connectivity index (χ0) is 29.4. The standard InChI is InChI=1S/C26H25N3O7S5/c1-4-25(5-2)19-16(26(18(31)20(32)39-19)40-21(33)22(34)41-26)14-8-12-9-37-7-6-13(12)11(3)17(14)28(25)23(35)27-29-15(30)10-38-24(29)36/h6-8,31-34H,4-5,9-10H2,1-3H3,(H,27,35). The Hall–Kier alpha value is -2.46. The normalized spacial score (nSPS) is 22.5. The van der Waals surface area contributed by atoms with E-state index in [0.717, 1.165) is 68.7 Å². The van der Waals surface area contributed by atoms with Gasteiger partial charge in [0.1, 0.15) is 0 Å². The molecule has 0 radical (unpaired) electrons. The van der Waals surface area contributed by atoms with Crippen LogP contribution in [0.4, 0.5) is 15.3 Å². The van der Waals surface area contributed by atoms with Crippen molar-refractivity contribution in [3.8, 4) is 0 Å². The van der Waals surface area contributed by atoms with E-state index in [1.54, 1.807) is 16.7 Å². The molecule has 0 atom stereocenters. The molecule has 5 aliphatic rings. The minimum Gasteiger partial charge on any atom is -0.506 e. The highest BCUT2D eigenvalue weighted by atomic mass is 32.2. The molecule has 1 aromatic rings. The number of thioether (sulfide) groups is 5. The van der Waals surface area contributed by atoms with Crippen molar-refractivity contribution in [3.63, 3.8) is 0 Å². The fourth-order valence-electron chi connectivity index (χ4n) is 5.89. The molecule has 5 aliphatic heterocycles. The molecule has 41 heavy (non-hydrogen) atoms. The molecule has 0 aromatic heterocycles. The summed E-state index contributed by atoms with van der Waals surface area (Å²) >= 11 is 5.01. The Morgan fingerprint density at radius 2 is 1.73 bits per heavy atom. The number of benzene rings is 1. The van der Waals surface area contributed by atoms with Gasteiger partial charge in [-0.05, 0) is 54.0 Å². The van der Waals surface area contributed by atoms with Crippen molar-refractivity contribution in [2.24, 2.45) is 0 Å². The zero-order valence-corrected chi connectivity index (χ0v) is 26.1. The number of fused-ring (bicyclic) bond motifs is 4. The van der Waals surface area contributed by atoms with Gasteiger partial charge >= 0.3 is 11.3 Å². The first-order valence-electron chi connectivity index (χ1n) is 12.6. The highest BCUT2D eigenvalue weighted by Gasteiger charge is 2.60. The van der Waals surface area contributed by atoms with E-state index in [4.69, 9.17) is 0 Å². The van der Waals surface area contributed by atoms with Gasteiger partial charge in [-0.1, -0.05) is 60.9 Å². The van der Waals surface area contributed by atoms with Crippen molar-refractivity contribution in [2.45, 2.75) is 49.0 Å². The lowest BCUT2D eigenvalue weighted by Crippen LogP contribution is -2.62. The number of imide groups is 1. The second-order valence-electron chi connectivity index (χ2n) is 9.75. The summed E-state index contributed by atoms with van der Waals surface area (Å²) in [6.45, 7) is 5.70. The van der Waals surface area contributed by atoms with Gasteiger partial charge in [0, 0.05) is 21.8 Å². The molecule has 0 saturated carbocycles. The molecular formula is C26H25N3O7S5. The van der Waals surface area contributed by atoms with E-state index < -0.39 is 37.6 Å². The number of hydrazine groups is 1. The maximum absolute atomic E-state index is 14.3. The molecule has 0 bridgehead atoms. The van der Waals surface area contributed by atoms with E-state index >= 15 is 0 Å². The van der Waals surface area contributed by atoms with Gasteiger partial charge in [0.15, 0.2) is 14.9 Å². The van der Waals surface area contributed by atoms with Gasteiger partial charge in [-0.2, -0.15) is 5.01 Å². The third-order valence-electron chi connectivity index (χ3n) is 7.86. The van der Waals surface area contributed by atoms with Crippen LogP contribution < -0.4 is 10.3 Å². The number of hydrogen-bond donors (Lipinski definition) is 5. The Bertz CT molecular complexity index is 1530. The second-order valence-corrected chi connectivity index (χ2v) is 15.2. The molecule has 15 heteroatoms. The number of hydrogen-bond acceptors (Lipinski definition) is 12. The van der Waals surface area contributed by atoms with E-state index in [2.05, 4.69) is 5.43 Å². The van der Waals surface area contributed by atoms with E-state index in [-0.39, 0.29) is 15.9 Å². The largest absolute Gasteiger partial charge is 0.506 e. The summed E-state index contributed by atoms with van der Waals surface area (Å²) in [5.41, 5.74) is 5.82. The number of aliphatic hydroxyl groups is 4. The van der Waals surface area contributed by atoms with Gasteiger partial charge in [0.25, 0.3) is 5.91 Å². The van der Waals surface area contributed by atoms with Crippen molar-refractivity contribution in [2.75, 3.05) is 10.7 Å². The number of rotatable bonds is 3. The minimum atomic E-state index is -1.51. The zero-order valence-electron chi connectivity index (χ0n) is 22.0. The average molecular weight is 652 g/mol. The van der Waals surface area contributed by atoms with Crippen LogP contribution in [0.2, 0.25) is 0 Å². The molecule has 5 N–H and O–H groups in total. The fraction of sp³-hybridized carbons (Fsp3) is 0.346. The first-order chi connectivity index (χ1) is 19.5. The van der Waals surface area contributed by atoms with Crippen LogP contribution in [0.1, 0.15) is 48.9 Å². The van der Waals surface area contributed by atoms with E-state index in [9.17, 15) is 34.8 Å². The molecule has 216 valence electrons. The fourth-order valence-corrected chi connectivity index (χ4v) is 11.6. The van der Waals surface area contributed by atoms with Gasteiger partial charge < -0.3 is 20.4 Å². The highest BCUT2D eigenvalue weighted by Crippen LogP contribution is 2.70. The predicted molar refractivity (Wildman–Crippen MR) is 168 cm³/mol. The maximum Gasteiger partial charge on any atom is 0.342 e. The van der Waals surface area contributed by atoms with Gasteiger partial charge in [-0.3, -0.25) is 14.5 Å². The number of nitrogens with zero attached hydrogens (tertiary/aromatic N) is 2. The quantitative estimate of drug-likeness (QED) is 0.227. The Kier molecular flexibility index (Phi) is 7.04. The SMILES string of the molecule is CCC1(CC)C2=C(c3cc4c(c(C)c3N1C(=O)NN1C(=O)CSC1=O)C=CSC4)C1(SC(O)=C(O)S1)C(O)=C(O)S2. The molecular weight excluding hydrogens is 627 g/mol. The molecule has 0 aliphatic carbocycles. The van der Waals surface area contributed by atoms with Gasteiger partial charge in [0.05, 0.1) is 17.0 Å². The van der Waals surface area contributed by atoms with Crippen LogP contribution >= 0.6 is 58.8 Å². The van der Waals surface area contributed by atoms with Crippen LogP contribution in [0.25, 0.3) is 11.6 Å². The van der Waals surface area contributed by atoms with Gasteiger partial charge in [-0.15, -0.1) is 11.8 Å². The smallest absolute Gasteiger partial charge is 0.342 e. The Balaban J connectivity index is 1.66. The van der Waals surface area contributed by atoms with Crippen molar-refractivity contribution in [3.05, 3.63) is 59.7 Å². The molecule has 1 fully saturated rings. The molecule has 0 unspecified atom stereocenters. The highest BCUT2D eigenvalue weighted by molar-refractivity contribution is 8.25. The lowest BCUT2D eigenvalue weighted by molar-refractivity contribution is -0.126. The van der Waals surface area contributed by atoms with Crippen molar-refractivity contribution >= 4 is 93.3 Å². The topological polar surface area (TPSA) is 151 Å². The number of aliphatic hydroxyl groups excluding tert-OH is 4. The van der Waals surface area contributed by atoms with E-state index in [1.165, 1.54) is 0 Å². The van der Waals surface area contributed by atoms with Crippen LogP contribution in [0.15, 0.2) is 37.4 Å². The van der Waals surface area contributed by atoms with Crippen LogP contribution in [-0.2, 0) is 10.5 Å². The summed E-state index contributed by atoms with van der Waals surface area (Å²) in [6.07, 6.45) is 2.72. The van der Waals surface area contributed by atoms with Crippen LogP contribution in [-0.4, -0.2) is 58.0 Å². The Morgan fingerprint density at radius 3 is 2.34 bits per heavy atom. The Morgan fingerprint density at radius 1 is 1.05 bits per heavy atom. The minimum absolute atomic E-state index is 0.0720. The average Bonchev–Trinajstić information content (AvgIpc) is 3.43. The first-order valence-corrected chi connectivity index (χ1v) is 17.1. The lowest BCUT2D eigenvalue weighted by atomic mass is 9.77. The third kappa shape index (κ3) is 3.95.